The molecule has 1 unspecified atom stereocenters. The number of aromatic nitrogens is 4. The van der Waals surface area contributed by atoms with Crippen LogP contribution in [0.15, 0.2) is 47.6 Å². The quantitative estimate of drug-likeness (QED) is 0.648. The predicted octanol–water partition coefficient (Wildman–Crippen LogP) is 1.65. The van der Waals surface area contributed by atoms with Crippen molar-refractivity contribution in [3.63, 3.8) is 0 Å². The van der Waals surface area contributed by atoms with Gasteiger partial charge in [-0.15, -0.1) is 0 Å². The molecule has 0 saturated carbocycles. The van der Waals surface area contributed by atoms with Crippen LogP contribution in [0.4, 0.5) is 11.5 Å². The van der Waals surface area contributed by atoms with Crippen LogP contribution in [0.3, 0.4) is 0 Å². The highest BCUT2D eigenvalue weighted by Gasteiger charge is 2.35. The van der Waals surface area contributed by atoms with Crippen molar-refractivity contribution in [2.24, 2.45) is 10.8 Å². The number of carbonyl (C=O) groups excluding carboxylic acids is 2. The largest absolute Gasteiger partial charge is 0.368 e. The first kappa shape index (κ1) is 20.2. The fourth-order valence-electron chi connectivity index (χ4n) is 3.42. The van der Waals surface area contributed by atoms with E-state index in [4.69, 9.17) is 5.73 Å². The zero-order chi connectivity index (χ0) is 22.1. The number of hydrogen-bond donors (Lipinski definition) is 2. The second-order valence-electron chi connectivity index (χ2n) is 7.34. The number of anilines is 2. The summed E-state index contributed by atoms with van der Waals surface area (Å²) >= 11 is 0. The minimum atomic E-state index is -0.738. The lowest BCUT2D eigenvalue weighted by Crippen LogP contribution is -2.39. The fraction of sp³-hybridized carbons (Fsp3) is 0.238. The molecule has 3 heterocycles. The smallest absolute Gasteiger partial charge is 0.273 e. The monoisotopic (exact) mass is 418 g/mol. The Kier molecular flexibility index (Phi) is 5.20. The third-order valence-electron chi connectivity index (χ3n) is 4.75. The maximum absolute atomic E-state index is 13.0. The van der Waals surface area contributed by atoms with E-state index in [2.05, 4.69) is 25.5 Å². The molecule has 0 radical (unpaired) electrons. The van der Waals surface area contributed by atoms with Gasteiger partial charge in [-0.2, -0.15) is 14.9 Å². The molecule has 2 aromatic heterocycles. The zero-order valence-electron chi connectivity index (χ0n) is 17.4. The van der Waals surface area contributed by atoms with Crippen molar-refractivity contribution in [3.8, 4) is 5.95 Å². The molecule has 0 saturated heterocycles. The molecule has 10 nitrogen and oxygen atoms in total. The zero-order valence-corrected chi connectivity index (χ0v) is 17.4. The number of hydrogen-bond acceptors (Lipinski definition) is 7. The van der Waals surface area contributed by atoms with Gasteiger partial charge in [-0.05, 0) is 39.0 Å². The number of carbonyl (C=O) groups is 2. The van der Waals surface area contributed by atoms with E-state index in [0.29, 0.717) is 23.1 Å². The number of rotatable bonds is 5. The van der Waals surface area contributed by atoms with Crippen LogP contribution in [0.5, 0.6) is 0 Å². The van der Waals surface area contributed by atoms with E-state index in [9.17, 15) is 9.59 Å². The lowest BCUT2D eigenvalue weighted by Gasteiger charge is -2.20. The Bertz CT molecular complexity index is 1170. The molecule has 3 aromatic rings. The Labute approximate surface area is 178 Å². The molecule has 0 spiro atoms. The van der Waals surface area contributed by atoms with E-state index in [0.717, 1.165) is 11.4 Å². The van der Waals surface area contributed by atoms with Crippen LogP contribution in [0.25, 0.3) is 5.95 Å². The second kappa shape index (κ2) is 7.98. The van der Waals surface area contributed by atoms with Gasteiger partial charge >= 0.3 is 0 Å². The average molecular weight is 418 g/mol. The highest BCUT2D eigenvalue weighted by molar-refractivity contribution is 6.44. The summed E-state index contributed by atoms with van der Waals surface area (Å²) < 4.78 is 1.48. The first-order valence-corrected chi connectivity index (χ1v) is 9.73. The van der Waals surface area contributed by atoms with Crippen molar-refractivity contribution in [1.29, 1.82) is 0 Å². The van der Waals surface area contributed by atoms with Crippen LogP contribution < -0.4 is 16.1 Å². The molecule has 2 amide bonds. The Morgan fingerprint density at radius 2 is 1.71 bits per heavy atom. The van der Waals surface area contributed by atoms with Gasteiger partial charge in [-0.25, -0.2) is 9.97 Å². The molecule has 1 aliphatic heterocycles. The van der Waals surface area contributed by atoms with Gasteiger partial charge in [0.1, 0.15) is 17.6 Å². The lowest BCUT2D eigenvalue weighted by atomic mass is 10.1. The number of nitrogens with one attached hydrogen (secondary N) is 1. The molecule has 3 N–H and O–H groups in total. The molecule has 1 atom stereocenters. The lowest BCUT2D eigenvalue weighted by molar-refractivity contribution is -0.119. The molecular formula is C21H22N8O2. The molecule has 158 valence electrons. The number of benzene rings is 1. The third-order valence-corrected chi connectivity index (χ3v) is 4.75. The van der Waals surface area contributed by atoms with E-state index in [1.54, 1.807) is 18.2 Å². The van der Waals surface area contributed by atoms with Crippen molar-refractivity contribution in [3.05, 3.63) is 59.5 Å². The first-order chi connectivity index (χ1) is 14.8. The highest BCUT2D eigenvalue weighted by atomic mass is 16.2. The molecule has 31 heavy (non-hydrogen) atoms. The van der Waals surface area contributed by atoms with Gasteiger partial charge in [0.25, 0.3) is 11.9 Å². The number of para-hydroxylation sites is 1. The van der Waals surface area contributed by atoms with E-state index in [1.165, 1.54) is 9.69 Å². The summed E-state index contributed by atoms with van der Waals surface area (Å²) in [5.74, 6) is -0.241. The van der Waals surface area contributed by atoms with Gasteiger partial charge in [0, 0.05) is 23.9 Å². The molecule has 0 aliphatic carbocycles. The van der Waals surface area contributed by atoms with Crippen LogP contribution in [0, 0.1) is 20.8 Å². The Balaban J connectivity index is 1.62. The number of nitrogens with two attached hydrogens (primary N) is 1. The summed E-state index contributed by atoms with van der Waals surface area (Å²) in [7, 11) is 0. The van der Waals surface area contributed by atoms with Gasteiger partial charge < -0.3 is 11.1 Å². The Morgan fingerprint density at radius 3 is 2.35 bits per heavy atom. The van der Waals surface area contributed by atoms with E-state index < -0.39 is 17.9 Å². The summed E-state index contributed by atoms with van der Waals surface area (Å²) in [4.78, 5) is 33.8. The van der Waals surface area contributed by atoms with Crippen molar-refractivity contribution < 1.29 is 9.59 Å². The molecule has 1 aromatic carbocycles. The number of primary amides is 1. The van der Waals surface area contributed by atoms with Crippen molar-refractivity contribution in [1.82, 2.24) is 19.7 Å². The number of aryl methyl sites for hydroxylation is 3. The van der Waals surface area contributed by atoms with Gasteiger partial charge in [-0.3, -0.25) is 14.6 Å². The van der Waals surface area contributed by atoms with E-state index >= 15 is 0 Å². The van der Waals surface area contributed by atoms with Gasteiger partial charge in [0.05, 0.1) is 11.4 Å². The predicted molar refractivity (Wildman–Crippen MR) is 116 cm³/mol. The van der Waals surface area contributed by atoms with Gasteiger partial charge in [0.15, 0.2) is 0 Å². The van der Waals surface area contributed by atoms with Gasteiger partial charge in [0.2, 0.25) is 5.91 Å². The van der Waals surface area contributed by atoms with Crippen LogP contribution in [-0.4, -0.2) is 43.3 Å². The normalized spacial score (nSPS) is 15.6. The molecule has 4 rings (SSSR count). The summed E-state index contributed by atoms with van der Waals surface area (Å²) in [6.45, 7) is 5.53. The van der Waals surface area contributed by atoms with E-state index in [-0.39, 0.29) is 12.1 Å². The maximum Gasteiger partial charge on any atom is 0.273 e. The summed E-state index contributed by atoms with van der Waals surface area (Å²) in [5, 5.41) is 13.1. The fourth-order valence-corrected chi connectivity index (χ4v) is 3.42. The van der Waals surface area contributed by atoms with Crippen molar-refractivity contribution in [2.45, 2.75) is 33.2 Å². The highest BCUT2D eigenvalue weighted by Crippen LogP contribution is 2.25. The minimum absolute atomic E-state index is 0.100. The topological polar surface area (TPSA) is 131 Å². The van der Waals surface area contributed by atoms with Crippen LogP contribution >= 0.6 is 0 Å². The molecule has 10 heteroatoms. The first-order valence-electron chi connectivity index (χ1n) is 9.73. The molecular weight excluding hydrogens is 396 g/mol. The van der Waals surface area contributed by atoms with Crippen molar-refractivity contribution >= 4 is 29.0 Å². The second-order valence-corrected chi connectivity index (χ2v) is 7.34. The van der Waals surface area contributed by atoms with Crippen molar-refractivity contribution in [2.75, 3.05) is 10.3 Å². The third kappa shape index (κ3) is 4.13. The van der Waals surface area contributed by atoms with Gasteiger partial charge in [-0.1, -0.05) is 18.2 Å². The summed E-state index contributed by atoms with van der Waals surface area (Å²) in [5.41, 5.74) is 8.69. The average Bonchev–Trinajstić information content (AvgIpc) is 3.32. The Morgan fingerprint density at radius 1 is 1.03 bits per heavy atom. The summed E-state index contributed by atoms with van der Waals surface area (Å²) in [6.07, 6.45) is 0.100. The summed E-state index contributed by atoms with van der Waals surface area (Å²) in [6, 6.07) is 11.9. The molecule has 0 bridgehead atoms. The van der Waals surface area contributed by atoms with E-state index in [1.807, 2.05) is 45.0 Å². The minimum Gasteiger partial charge on any atom is -0.368 e. The maximum atomic E-state index is 13.0. The van der Waals surface area contributed by atoms with Crippen LogP contribution in [-0.2, 0) is 9.59 Å². The molecule has 0 fully saturated rings. The number of nitrogens with zero attached hydrogens (tertiary/aromatic N) is 6. The molecule has 1 aliphatic rings. The Hall–Kier alpha value is -4.08. The van der Waals surface area contributed by atoms with Crippen LogP contribution in [0.2, 0.25) is 0 Å². The van der Waals surface area contributed by atoms with Crippen LogP contribution in [0.1, 0.15) is 23.5 Å². The number of hydrazone groups is 1. The number of amides is 2. The SMILES string of the molecule is Cc1cc(C)nc(-n2nc(C)cc2NC(=O)C2=NN(c3ccccc3)C(C(N)=O)C2)n1. The standard InChI is InChI=1S/C21H22N8O2/c1-12-9-13(2)24-21(23-12)29-18(10-14(3)26-29)25-20(31)16-11-17(19(22)30)28(27-16)15-7-5-4-6-8-15/h4-10,17H,11H2,1-3H3,(H2,22,30)(H,25,31).